The van der Waals surface area contributed by atoms with E-state index < -0.39 is 12.2 Å². The molecule has 0 saturated carbocycles. The second-order valence-corrected chi connectivity index (χ2v) is 3.46. The van der Waals surface area contributed by atoms with E-state index >= 15 is 0 Å². The Morgan fingerprint density at radius 1 is 1.40 bits per heavy atom. The van der Waals surface area contributed by atoms with Crippen molar-refractivity contribution in [2.75, 3.05) is 18.5 Å². The lowest BCUT2D eigenvalue weighted by atomic mass is 10.2. The molecular formula is C7H10F3N5. The zero-order chi connectivity index (χ0) is 11.2. The van der Waals surface area contributed by atoms with Crippen molar-refractivity contribution in [3.8, 4) is 0 Å². The fraction of sp³-hybridized carbons (Fsp3) is 0.714. The molecule has 5 nitrogen and oxygen atoms in total. The summed E-state index contributed by atoms with van der Waals surface area (Å²) in [6, 6.07) is -2.07. The molecule has 0 saturated heterocycles. The minimum absolute atomic E-state index is 0.206. The van der Waals surface area contributed by atoms with Crippen LogP contribution in [-0.4, -0.2) is 34.8 Å². The van der Waals surface area contributed by atoms with Gasteiger partial charge in [0.1, 0.15) is 11.7 Å². The van der Waals surface area contributed by atoms with Gasteiger partial charge in [-0.3, -0.25) is 0 Å². The molecule has 84 valence electrons. The summed E-state index contributed by atoms with van der Waals surface area (Å²) in [6.45, 7) is 1.17. The number of hydrogen-bond acceptors (Lipinski definition) is 4. The molecule has 1 unspecified atom stereocenters. The summed E-state index contributed by atoms with van der Waals surface area (Å²) in [7, 11) is 1.69. The number of nitrogens with two attached hydrogens (primary N) is 1. The summed E-state index contributed by atoms with van der Waals surface area (Å²) >= 11 is 0. The van der Waals surface area contributed by atoms with Crippen LogP contribution in [-0.2, 0) is 6.54 Å². The number of alkyl halides is 3. The minimum Gasteiger partial charge on any atom is -0.356 e. The van der Waals surface area contributed by atoms with Crippen molar-refractivity contribution in [2.45, 2.75) is 18.8 Å². The van der Waals surface area contributed by atoms with Gasteiger partial charge in [-0.25, -0.2) is 4.68 Å². The fourth-order valence-electron chi connectivity index (χ4n) is 1.57. The Kier molecular flexibility index (Phi) is 2.10. The van der Waals surface area contributed by atoms with Crippen LogP contribution in [0.1, 0.15) is 11.7 Å². The number of halogens is 3. The molecule has 0 radical (unpaired) electrons. The zero-order valence-corrected chi connectivity index (χ0v) is 7.99. The highest BCUT2D eigenvalue weighted by Gasteiger charge is 2.42. The predicted molar refractivity (Wildman–Crippen MR) is 46.3 cm³/mol. The van der Waals surface area contributed by atoms with E-state index in [1.165, 1.54) is 4.68 Å². The molecule has 1 aliphatic rings. The number of rotatable bonds is 1. The molecule has 2 rings (SSSR count). The normalized spacial score (nSPS) is 18.1. The number of fused-ring (bicyclic) bond motifs is 1. The number of likely N-dealkylation sites (N-methyl/N-ethyl adjacent to an activating group) is 1. The first-order chi connectivity index (χ1) is 6.91. The van der Waals surface area contributed by atoms with Crippen LogP contribution in [0.25, 0.3) is 0 Å². The van der Waals surface area contributed by atoms with Crippen molar-refractivity contribution < 1.29 is 13.2 Å². The molecule has 2 N–H and O–H groups in total. The van der Waals surface area contributed by atoms with Crippen molar-refractivity contribution in [1.82, 2.24) is 15.0 Å². The summed E-state index contributed by atoms with van der Waals surface area (Å²) in [5, 5.41) is 7.11. The smallest absolute Gasteiger partial charge is 0.356 e. The lowest BCUT2D eigenvalue weighted by molar-refractivity contribution is -0.149. The Hall–Kier alpha value is -1.31. The summed E-state index contributed by atoms with van der Waals surface area (Å²) < 4.78 is 38.6. The lowest BCUT2D eigenvalue weighted by Crippen LogP contribution is -2.30. The third-order valence-corrected chi connectivity index (χ3v) is 2.39. The Bertz CT molecular complexity index is 371. The van der Waals surface area contributed by atoms with Crippen molar-refractivity contribution in [1.29, 1.82) is 0 Å². The van der Waals surface area contributed by atoms with Gasteiger partial charge in [-0.05, 0) is 0 Å². The van der Waals surface area contributed by atoms with Gasteiger partial charge in [0.2, 0.25) is 0 Å². The maximum absolute atomic E-state index is 12.4. The van der Waals surface area contributed by atoms with E-state index in [1.807, 2.05) is 0 Å². The molecule has 0 aromatic carbocycles. The van der Waals surface area contributed by atoms with Gasteiger partial charge in [0.15, 0.2) is 5.82 Å². The van der Waals surface area contributed by atoms with Crippen LogP contribution in [0, 0.1) is 0 Å². The topological polar surface area (TPSA) is 60.0 Å². The van der Waals surface area contributed by atoms with Crippen LogP contribution in [0.15, 0.2) is 0 Å². The van der Waals surface area contributed by atoms with Gasteiger partial charge in [-0.1, -0.05) is 5.21 Å². The molecule has 15 heavy (non-hydrogen) atoms. The van der Waals surface area contributed by atoms with E-state index in [0.29, 0.717) is 18.9 Å². The molecule has 0 fully saturated rings. The second kappa shape index (κ2) is 3.09. The number of anilines is 1. The van der Waals surface area contributed by atoms with Crippen molar-refractivity contribution in [3.63, 3.8) is 0 Å². The van der Waals surface area contributed by atoms with Gasteiger partial charge in [-0.2, -0.15) is 13.2 Å². The summed E-state index contributed by atoms with van der Waals surface area (Å²) in [5.74, 6) is 0.361. The predicted octanol–water partition coefficient (Wildman–Crippen LogP) is 0.290. The van der Waals surface area contributed by atoms with Gasteiger partial charge >= 0.3 is 6.18 Å². The van der Waals surface area contributed by atoms with Gasteiger partial charge in [0, 0.05) is 13.6 Å². The number of nitrogens with zero attached hydrogens (tertiary/aromatic N) is 4. The Labute approximate surface area is 83.6 Å². The average molecular weight is 221 g/mol. The van der Waals surface area contributed by atoms with E-state index in [0.717, 1.165) is 0 Å². The van der Waals surface area contributed by atoms with Gasteiger partial charge in [0.25, 0.3) is 0 Å². The molecular weight excluding hydrogens is 211 g/mol. The van der Waals surface area contributed by atoms with Crippen molar-refractivity contribution >= 4 is 5.82 Å². The molecule has 1 atom stereocenters. The molecule has 0 spiro atoms. The van der Waals surface area contributed by atoms with E-state index in [1.54, 1.807) is 11.9 Å². The third kappa shape index (κ3) is 1.54. The Balaban J connectivity index is 2.38. The third-order valence-electron chi connectivity index (χ3n) is 2.39. The molecule has 1 aliphatic heterocycles. The van der Waals surface area contributed by atoms with E-state index in [2.05, 4.69) is 10.3 Å². The first-order valence-electron chi connectivity index (χ1n) is 4.38. The summed E-state index contributed by atoms with van der Waals surface area (Å²) in [5.41, 5.74) is 4.88. The average Bonchev–Trinajstić information content (AvgIpc) is 2.66. The Morgan fingerprint density at radius 3 is 2.67 bits per heavy atom. The molecule has 0 bridgehead atoms. The lowest BCUT2D eigenvalue weighted by Gasteiger charge is -2.16. The van der Waals surface area contributed by atoms with E-state index in [4.69, 9.17) is 5.73 Å². The van der Waals surface area contributed by atoms with Crippen LogP contribution in [0.5, 0.6) is 0 Å². The first-order valence-corrected chi connectivity index (χ1v) is 4.38. The van der Waals surface area contributed by atoms with Crippen LogP contribution in [0.4, 0.5) is 19.0 Å². The highest BCUT2D eigenvalue weighted by Crippen LogP contribution is 2.35. The maximum Gasteiger partial charge on any atom is 0.409 e. The number of hydrogen-bond donors (Lipinski definition) is 1. The van der Waals surface area contributed by atoms with Gasteiger partial charge in [0.05, 0.1) is 6.54 Å². The van der Waals surface area contributed by atoms with Crippen LogP contribution in [0.2, 0.25) is 0 Å². The molecule has 1 aromatic rings. The molecule has 8 heteroatoms. The van der Waals surface area contributed by atoms with Crippen LogP contribution < -0.4 is 10.6 Å². The SMILES string of the molecule is CN1CCn2nnc(C(N)C(F)(F)F)c21. The van der Waals surface area contributed by atoms with Crippen LogP contribution in [0.3, 0.4) is 0 Å². The maximum atomic E-state index is 12.4. The first kappa shape index (κ1) is 10.2. The summed E-state index contributed by atoms with van der Waals surface area (Å²) in [4.78, 5) is 1.67. The van der Waals surface area contributed by atoms with Crippen molar-refractivity contribution in [3.05, 3.63) is 5.69 Å². The molecule has 2 heterocycles. The molecule has 0 aliphatic carbocycles. The standard InChI is InChI=1S/C7H10F3N5/c1-14-2-3-15-6(14)4(12-13-15)5(11)7(8,9)10/h5H,2-3,11H2,1H3. The zero-order valence-electron chi connectivity index (χ0n) is 7.99. The quantitative estimate of drug-likeness (QED) is 0.740. The van der Waals surface area contributed by atoms with Crippen molar-refractivity contribution in [2.24, 2.45) is 5.73 Å². The fourth-order valence-corrected chi connectivity index (χ4v) is 1.57. The van der Waals surface area contributed by atoms with E-state index in [-0.39, 0.29) is 5.69 Å². The van der Waals surface area contributed by atoms with Gasteiger partial charge in [-0.15, -0.1) is 5.10 Å². The van der Waals surface area contributed by atoms with Crippen LogP contribution >= 0.6 is 0 Å². The molecule has 1 aromatic heterocycles. The largest absolute Gasteiger partial charge is 0.409 e. The highest BCUT2D eigenvalue weighted by molar-refractivity contribution is 5.47. The monoisotopic (exact) mass is 221 g/mol. The minimum atomic E-state index is -4.49. The second-order valence-electron chi connectivity index (χ2n) is 3.46. The Morgan fingerprint density at radius 2 is 2.07 bits per heavy atom. The summed E-state index contributed by atoms with van der Waals surface area (Å²) in [6.07, 6.45) is -4.49. The highest BCUT2D eigenvalue weighted by atomic mass is 19.4. The van der Waals surface area contributed by atoms with E-state index in [9.17, 15) is 13.2 Å². The molecule has 0 amide bonds. The number of aromatic nitrogens is 3. The van der Waals surface area contributed by atoms with Gasteiger partial charge < -0.3 is 10.6 Å².